The zero-order valence-electron chi connectivity index (χ0n) is 10.1. The lowest BCUT2D eigenvalue weighted by Crippen LogP contribution is -2.43. The van der Waals surface area contributed by atoms with Crippen LogP contribution in [0, 0.1) is 5.92 Å². The van der Waals surface area contributed by atoms with Crippen LogP contribution in [0.2, 0.25) is 0 Å². The zero-order valence-corrected chi connectivity index (χ0v) is 10.1. The highest BCUT2D eigenvalue weighted by molar-refractivity contribution is 5.30. The van der Waals surface area contributed by atoms with Crippen molar-refractivity contribution in [2.24, 2.45) is 5.92 Å². The molecule has 2 atom stereocenters. The van der Waals surface area contributed by atoms with E-state index < -0.39 is 11.8 Å². The third kappa shape index (κ3) is 1.99. The van der Waals surface area contributed by atoms with E-state index in [9.17, 15) is 13.9 Å². The van der Waals surface area contributed by atoms with Gasteiger partial charge in [-0.1, -0.05) is 12.1 Å². The molecule has 18 heavy (non-hydrogen) atoms. The van der Waals surface area contributed by atoms with Crippen LogP contribution in [-0.2, 0) is 5.92 Å². The summed E-state index contributed by atoms with van der Waals surface area (Å²) < 4.78 is 28.9. The van der Waals surface area contributed by atoms with Gasteiger partial charge in [0.25, 0.3) is 5.92 Å². The summed E-state index contributed by atoms with van der Waals surface area (Å²) in [4.78, 5) is 0. The molecule has 0 aliphatic carbocycles. The van der Waals surface area contributed by atoms with Crippen molar-refractivity contribution in [3.8, 4) is 5.75 Å². The molecule has 2 saturated heterocycles. The monoisotopic (exact) mass is 253 g/mol. The number of benzene rings is 1. The van der Waals surface area contributed by atoms with E-state index in [1.54, 1.807) is 0 Å². The van der Waals surface area contributed by atoms with Crippen molar-refractivity contribution in [2.75, 3.05) is 0 Å². The Morgan fingerprint density at radius 3 is 2.44 bits per heavy atom. The topological polar surface area (TPSA) is 32.3 Å². The SMILES string of the molecule is Oc1cccc(C(F)(F)C2CC3CCC(C2)N3)c1. The largest absolute Gasteiger partial charge is 0.508 e. The first kappa shape index (κ1) is 11.9. The fourth-order valence-electron chi connectivity index (χ4n) is 3.30. The normalized spacial score (nSPS) is 31.6. The van der Waals surface area contributed by atoms with Gasteiger partial charge >= 0.3 is 0 Å². The molecule has 2 nitrogen and oxygen atoms in total. The fourth-order valence-corrected chi connectivity index (χ4v) is 3.30. The smallest absolute Gasteiger partial charge is 0.276 e. The first-order valence-corrected chi connectivity index (χ1v) is 6.49. The van der Waals surface area contributed by atoms with E-state index in [2.05, 4.69) is 5.32 Å². The molecule has 0 amide bonds. The Balaban J connectivity index is 1.85. The first-order valence-electron chi connectivity index (χ1n) is 6.49. The Bertz CT molecular complexity index is 437. The molecule has 1 aromatic carbocycles. The van der Waals surface area contributed by atoms with Gasteiger partial charge < -0.3 is 10.4 Å². The molecule has 2 fully saturated rings. The van der Waals surface area contributed by atoms with Crippen LogP contribution in [0.1, 0.15) is 31.2 Å². The molecule has 3 rings (SSSR count). The summed E-state index contributed by atoms with van der Waals surface area (Å²) in [6, 6.07) is 5.99. The second-order valence-corrected chi connectivity index (χ2v) is 5.48. The third-order valence-electron chi connectivity index (χ3n) is 4.22. The Morgan fingerprint density at radius 2 is 1.83 bits per heavy atom. The Kier molecular flexibility index (Phi) is 2.77. The number of aromatic hydroxyl groups is 1. The minimum atomic E-state index is -2.85. The summed E-state index contributed by atoms with van der Waals surface area (Å²) in [5, 5.41) is 12.7. The van der Waals surface area contributed by atoms with Crippen molar-refractivity contribution in [3.63, 3.8) is 0 Å². The van der Waals surface area contributed by atoms with Crippen molar-refractivity contribution in [2.45, 2.75) is 43.7 Å². The molecule has 0 radical (unpaired) electrons. The van der Waals surface area contributed by atoms with Gasteiger partial charge in [0.2, 0.25) is 0 Å². The van der Waals surface area contributed by atoms with Crippen LogP contribution < -0.4 is 5.32 Å². The summed E-state index contributed by atoms with van der Waals surface area (Å²) >= 11 is 0. The number of phenols is 1. The van der Waals surface area contributed by atoms with Gasteiger partial charge in [0.15, 0.2) is 0 Å². The Morgan fingerprint density at radius 1 is 1.17 bits per heavy atom. The van der Waals surface area contributed by atoms with Gasteiger partial charge in [0.1, 0.15) is 5.75 Å². The minimum absolute atomic E-state index is 0.0613. The maximum atomic E-state index is 14.5. The number of hydrogen-bond donors (Lipinski definition) is 2. The van der Waals surface area contributed by atoms with E-state index in [1.807, 2.05) is 0 Å². The highest BCUT2D eigenvalue weighted by atomic mass is 19.3. The average Bonchev–Trinajstić information content (AvgIpc) is 2.68. The van der Waals surface area contributed by atoms with E-state index in [-0.39, 0.29) is 23.4 Å². The van der Waals surface area contributed by atoms with E-state index in [0.717, 1.165) is 12.8 Å². The van der Waals surface area contributed by atoms with Crippen LogP contribution in [0.15, 0.2) is 24.3 Å². The van der Waals surface area contributed by atoms with Gasteiger partial charge in [-0.15, -0.1) is 0 Å². The van der Waals surface area contributed by atoms with Crippen molar-refractivity contribution >= 4 is 0 Å². The highest BCUT2D eigenvalue weighted by Crippen LogP contribution is 2.45. The molecule has 2 N–H and O–H groups in total. The predicted molar refractivity (Wildman–Crippen MR) is 64.7 cm³/mol. The lowest BCUT2D eigenvalue weighted by molar-refractivity contribution is -0.0815. The second-order valence-electron chi connectivity index (χ2n) is 5.48. The van der Waals surface area contributed by atoms with Gasteiger partial charge in [-0.3, -0.25) is 0 Å². The molecule has 0 saturated carbocycles. The van der Waals surface area contributed by atoms with Gasteiger partial charge in [0, 0.05) is 23.6 Å². The number of piperidine rings is 1. The van der Waals surface area contributed by atoms with Crippen LogP contribution in [0.4, 0.5) is 8.78 Å². The maximum Gasteiger partial charge on any atom is 0.276 e. The predicted octanol–water partition coefficient (Wildman–Crippen LogP) is 3.01. The van der Waals surface area contributed by atoms with Crippen LogP contribution in [0.5, 0.6) is 5.75 Å². The molecule has 2 aliphatic heterocycles. The van der Waals surface area contributed by atoms with Crippen LogP contribution >= 0.6 is 0 Å². The number of nitrogens with one attached hydrogen (secondary N) is 1. The van der Waals surface area contributed by atoms with Crippen molar-refractivity contribution < 1.29 is 13.9 Å². The summed E-state index contributed by atoms with van der Waals surface area (Å²) in [5.41, 5.74) is -0.0613. The Hall–Kier alpha value is -1.16. The molecular formula is C14H17F2NO. The van der Waals surface area contributed by atoms with Crippen molar-refractivity contribution in [1.29, 1.82) is 0 Å². The lowest BCUT2D eigenvalue weighted by atomic mass is 9.84. The minimum Gasteiger partial charge on any atom is -0.508 e. The molecule has 0 aromatic heterocycles. The van der Waals surface area contributed by atoms with Crippen molar-refractivity contribution in [3.05, 3.63) is 29.8 Å². The molecule has 2 bridgehead atoms. The summed E-state index contributed by atoms with van der Waals surface area (Å²) in [6.45, 7) is 0. The number of fused-ring (bicyclic) bond motifs is 2. The van der Waals surface area contributed by atoms with Crippen molar-refractivity contribution in [1.82, 2.24) is 5.32 Å². The van der Waals surface area contributed by atoms with Crippen LogP contribution in [0.25, 0.3) is 0 Å². The maximum absolute atomic E-state index is 14.5. The molecule has 4 heteroatoms. The molecule has 2 unspecified atom stereocenters. The summed E-state index contributed by atoms with van der Waals surface area (Å²) in [7, 11) is 0. The summed E-state index contributed by atoms with van der Waals surface area (Å²) in [6.07, 6.45) is 3.08. The Labute approximate surface area is 105 Å². The number of phenolic OH excluding ortho intramolecular Hbond substituents is 1. The molecule has 1 aromatic rings. The van der Waals surface area contributed by atoms with E-state index >= 15 is 0 Å². The molecule has 2 heterocycles. The molecular weight excluding hydrogens is 236 g/mol. The second kappa shape index (κ2) is 4.19. The van der Waals surface area contributed by atoms with E-state index in [0.29, 0.717) is 12.8 Å². The third-order valence-corrected chi connectivity index (χ3v) is 4.22. The quantitative estimate of drug-likeness (QED) is 0.849. The van der Waals surface area contributed by atoms with Gasteiger partial charge in [-0.2, -0.15) is 0 Å². The summed E-state index contributed by atoms with van der Waals surface area (Å²) in [5.74, 6) is -3.55. The zero-order chi connectivity index (χ0) is 12.8. The number of hydrogen-bond acceptors (Lipinski definition) is 2. The molecule has 0 spiro atoms. The highest BCUT2D eigenvalue weighted by Gasteiger charge is 2.47. The molecule has 2 aliphatic rings. The first-order chi connectivity index (χ1) is 8.55. The van der Waals surface area contributed by atoms with E-state index in [4.69, 9.17) is 0 Å². The number of rotatable bonds is 2. The lowest BCUT2D eigenvalue weighted by Gasteiger charge is -2.34. The van der Waals surface area contributed by atoms with Gasteiger partial charge in [0.05, 0.1) is 0 Å². The molecule has 98 valence electrons. The van der Waals surface area contributed by atoms with Gasteiger partial charge in [-0.05, 0) is 37.8 Å². The average molecular weight is 253 g/mol. The van der Waals surface area contributed by atoms with E-state index in [1.165, 1.54) is 24.3 Å². The fraction of sp³-hybridized carbons (Fsp3) is 0.571. The van der Waals surface area contributed by atoms with Gasteiger partial charge in [-0.25, -0.2) is 8.78 Å². The van der Waals surface area contributed by atoms with Crippen LogP contribution in [0.3, 0.4) is 0 Å². The number of halogens is 2. The standard InChI is InChI=1S/C14H17F2NO/c15-14(16,9-2-1-3-13(18)8-9)10-6-11-4-5-12(7-10)17-11/h1-3,8,10-12,17-18H,4-7H2. The number of alkyl halides is 2. The van der Waals surface area contributed by atoms with Crippen LogP contribution in [-0.4, -0.2) is 17.2 Å².